The lowest BCUT2D eigenvalue weighted by Crippen LogP contribution is -2.47. The fraction of sp³-hybridized carbons (Fsp3) is 0.846. The summed E-state index contributed by atoms with van der Waals surface area (Å²) in [6.07, 6.45) is 4.74. The first-order valence-electron chi connectivity index (χ1n) is 6.97. The van der Waals surface area contributed by atoms with Crippen molar-refractivity contribution >= 4 is 23.6 Å². The van der Waals surface area contributed by atoms with E-state index >= 15 is 0 Å². The van der Waals surface area contributed by atoms with Crippen molar-refractivity contribution in [3.8, 4) is 0 Å². The molecule has 2 aliphatic heterocycles. The zero-order valence-electron chi connectivity index (χ0n) is 10.9. The third kappa shape index (κ3) is 2.74. The molecule has 2 amide bonds. The molecule has 0 aromatic rings. The fourth-order valence-corrected chi connectivity index (χ4v) is 3.59. The molecule has 3 unspecified atom stereocenters. The highest BCUT2D eigenvalue weighted by Crippen LogP contribution is 2.42. The van der Waals surface area contributed by atoms with Crippen LogP contribution in [0.15, 0.2) is 0 Å². The summed E-state index contributed by atoms with van der Waals surface area (Å²) < 4.78 is 0. The number of aliphatic hydroxyl groups excluding tert-OH is 1. The Morgan fingerprint density at radius 2 is 2.32 bits per heavy atom. The first-order valence-corrected chi connectivity index (χ1v) is 8.02. The SMILES string of the molecule is O=C1NC2(CCC2)CC1CC(CO)NC(=O)C1CS1. The van der Waals surface area contributed by atoms with Crippen molar-refractivity contribution in [3.63, 3.8) is 0 Å². The van der Waals surface area contributed by atoms with Crippen LogP contribution in [0.3, 0.4) is 0 Å². The van der Waals surface area contributed by atoms with Crippen LogP contribution >= 0.6 is 11.8 Å². The Bertz CT molecular complexity index is 393. The number of carbonyl (C=O) groups excluding carboxylic acids is 2. The van der Waals surface area contributed by atoms with Gasteiger partial charge in [-0.15, -0.1) is 11.8 Å². The highest BCUT2D eigenvalue weighted by Gasteiger charge is 2.48. The molecule has 0 aromatic carbocycles. The molecule has 2 saturated heterocycles. The molecule has 0 bridgehead atoms. The quantitative estimate of drug-likeness (QED) is 0.622. The Labute approximate surface area is 116 Å². The predicted octanol–water partition coefficient (Wildman–Crippen LogP) is 0.0278. The van der Waals surface area contributed by atoms with E-state index in [1.165, 1.54) is 6.42 Å². The molecule has 3 rings (SSSR count). The third-order valence-corrected chi connectivity index (χ3v) is 5.35. The smallest absolute Gasteiger partial charge is 0.234 e. The van der Waals surface area contributed by atoms with Crippen LogP contribution in [0.25, 0.3) is 0 Å². The van der Waals surface area contributed by atoms with Gasteiger partial charge in [-0.2, -0.15) is 0 Å². The standard InChI is InChI=1S/C13H20N2O3S/c16-6-9(14-12(18)10-7-19-10)4-8-5-13(2-1-3-13)15-11(8)17/h8-10,16H,1-7H2,(H,14,18)(H,15,17). The van der Waals surface area contributed by atoms with Crippen LogP contribution in [-0.2, 0) is 9.59 Å². The third-order valence-electron chi connectivity index (χ3n) is 4.47. The molecule has 0 aromatic heterocycles. The van der Waals surface area contributed by atoms with Crippen LogP contribution in [-0.4, -0.2) is 46.1 Å². The average Bonchev–Trinajstić information content (AvgIpc) is 3.13. The lowest BCUT2D eigenvalue weighted by molar-refractivity contribution is -0.125. The second-order valence-corrected chi connectivity index (χ2v) is 7.21. The summed E-state index contributed by atoms with van der Waals surface area (Å²) in [5.41, 5.74) is 0.0398. The van der Waals surface area contributed by atoms with Crippen LogP contribution in [0.1, 0.15) is 32.1 Å². The van der Waals surface area contributed by atoms with Crippen LogP contribution in [0.2, 0.25) is 0 Å². The minimum Gasteiger partial charge on any atom is -0.394 e. The highest BCUT2D eigenvalue weighted by atomic mass is 32.2. The van der Waals surface area contributed by atoms with E-state index in [0.29, 0.717) is 6.42 Å². The van der Waals surface area contributed by atoms with E-state index in [0.717, 1.165) is 25.0 Å². The Hall–Kier alpha value is -0.750. The fourth-order valence-electron chi connectivity index (χ4n) is 3.12. The molecule has 1 spiro atoms. The van der Waals surface area contributed by atoms with Crippen molar-refractivity contribution < 1.29 is 14.7 Å². The van der Waals surface area contributed by atoms with Crippen LogP contribution in [0.4, 0.5) is 0 Å². The minimum absolute atomic E-state index is 0.000752. The first kappa shape index (κ1) is 13.2. The number of carbonyl (C=O) groups is 2. The second kappa shape index (κ2) is 4.98. The molecule has 3 fully saturated rings. The zero-order chi connectivity index (χ0) is 13.5. The van der Waals surface area contributed by atoms with Gasteiger partial charge in [-0.05, 0) is 32.1 Å². The van der Waals surface area contributed by atoms with Gasteiger partial charge in [0.1, 0.15) is 0 Å². The molecular formula is C13H20N2O3S. The van der Waals surface area contributed by atoms with Gasteiger partial charge < -0.3 is 15.7 Å². The topological polar surface area (TPSA) is 78.4 Å². The van der Waals surface area contributed by atoms with Gasteiger partial charge in [0.25, 0.3) is 0 Å². The second-order valence-electron chi connectivity index (χ2n) is 5.97. The Morgan fingerprint density at radius 1 is 1.58 bits per heavy atom. The van der Waals surface area contributed by atoms with Gasteiger partial charge in [0.05, 0.1) is 17.9 Å². The van der Waals surface area contributed by atoms with Gasteiger partial charge in [-0.3, -0.25) is 9.59 Å². The maximum atomic E-state index is 12.0. The van der Waals surface area contributed by atoms with Crippen LogP contribution in [0, 0.1) is 5.92 Å². The maximum Gasteiger partial charge on any atom is 0.234 e. The zero-order valence-corrected chi connectivity index (χ0v) is 11.7. The Kier molecular flexibility index (Phi) is 3.47. The summed E-state index contributed by atoms with van der Waals surface area (Å²) in [5.74, 6) is 0.899. The Balaban J connectivity index is 1.53. The van der Waals surface area contributed by atoms with Crippen molar-refractivity contribution in [1.82, 2.24) is 10.6 Å². The summed E-state index contributed by atoms with van der Waals surface area (Å²) in [5, 5.41) is 15.4. The van der Waals surface area contributed by atoms with E-state index < -0.39 is 0 Å². The number of rotatable bonds is 5. The molecule has 6 heteroatoms. The molecule has 0 radical (unpaired) electrons. The summed E-state index contributed by atoms with van der Waals surface area (Å²) >= 11 is 1.61. The van der Waals surface area contributed by atoms with Gasteiger partial charge in [-0.1, -0.05) is 0 Å². The summed E-state index contributed by atoms with van der Waals surface area (Å²) in [4.78, 5) is 23.6. The number of hydrogen-bond acceptors (Lipinski definition) is 4. The number of amides is 2. The molecular weight excluding hydrogens is 264 g/mol. The molecule has 2 heterocycles. The van der Waals surface area contributed by atoms with E-state index in [1.54, 1.807) is 11.8 Å². The van der Waals surface area contributed by atoms with Crippen LogP contribution in [0.5, 0.6) is 0 Å². The Morgan fingerprint density at radius 3 is 2.79 bits per heavy atom. The summed E-state index contributed by atoms with van der Waals surface area (Å²) in [6.45, 7) is -0.0973. The summed E-state index contributed by atoms with van der Waals surface area (Å²) in [6, 6.07) is -0.292. The van der Waals surface area contributed by atoms with Crippen molar-refractivity contribution in [2.24, 2.45) is 5.92 Å². The van der Waals surface area contributed by atoms with Gasteiger partial charge >= 0.3 is 0 Å². The molecule has 1 aliphatic carbocycles. The van der Waals surface area contributed by atoms with E-state index in [2.05, 4.69) is 10.6 Å². The van der Waals surface area contributed by atoms with E-state index in [1.807, 2.05) is 0 Å². The lowest BCUT2D eigenvalue weighted by atomic mass is 9.74. The van der Waals surface area contributed by atoms with Crippen molar-refractivity contribution in [3.05, 3.63) is 0 Å². The average molecular weight is 284 g/mol. The van der Waals surface area contributed by atoms with Gasteiger partial charge in [0, 0.05) is 17.2 Å². The van der Waals surface area contributed by atoms with E-state index in [4.69, 9.17) is 0 Å². The molecule has 3 N–H and O–H groups in total. The molecule has 19 heavy (non-hydrogen) atoms. The van der Waals surface area contributed by atoms with Crippen molar-refractivity contribution in [2.75, 3.05) is 12.4 Å². The first-order chi connectivity index (χ1) is 9.12. The van der Waals surface area contributed by atoms with Crippen molar-refractivity contribution in [2.45, 2.75) is 48.9 Å². The number of nitrogens with one attached hydrogen (secondary N) is 2. The van der Waals surface area contributed by atoms with Gasteiger partial charge in [0.2, 0.25) is 11.8 Å². The number of aliphatic hydroxyl groups is 1. The van der Waals surface area contributed by atoms with Crippen molar-refractivity contribution in [1.29, 1.82) is 0 Å². The van der Waals surface area contributed by atoms with E-state index in [9.17, 15) is 14.7 Å². The monoisotopic (exact) mass is 284 g/mol. The molecule has 106 valence electrons. The lowest BCUT2D eigenvalue weighted by Gasteiger charge is -2.38. The molecule has 1 saturated carbocycles. The van der Waals surface area contributed by atoms with Crippen LogP contribution < -0.4 is 10.6 Å². The van der Waals surface area contributed by atoms with Gasteiger partial charge in [0.15, 0.2) is 0 Å². The maximum absolute atomic E-state index is 12.0. The normalized spacial score (nSPS) is 32.6. The van der Waals surface area contributed by atoms with E-state index in [-0.39, 0.29) is 41.2 Å². The number of thioether (sulfide) groups is 1. The predicted molar refractivity (Wildman–Crippen MR) is 72.7 cm³/mol. The molecule has 5 nitrogen and oxygen atoms in total. The number of hydrogen-bond donors (Lipinski definition) is 3. The summed E-state index contributed by atoms with van der Waals surface area (Å²) in [7, 11) is 0. The van der Waals surface area contributed by atoms with Gasteiger partial charge in [-0.25, -0.2) is 0 Å². The highest BCUT2D eigenvalue weighted by molar-refractivity contribution is 8.07. The molecule has 3 aliphatic rings. The largest absolute Gasteiger partial charge is 0.394 e. The minimum atomic E-state index is -0.292. The molecule has 3 atom stereocenters.